The summed E-state index contributed by atoms with van der Waals surface area (Å²) >= 11 is 5.76. The van der Waals surface area contributed by atoms with Crippen LogP contribution in [-0.4, -0.2) is 19.0 Å². The summed E-state index contributed by atoms with van der Waals surface area (Å²) in [5.74, 6) is -0.780. The highest BCUT2D eigenvalue weighted by atomic mass is 35.5. The van der Waals surface area contributed by atoms with Gasteiger partial charge in [-0.3, -0.25) is 4.79 Å². The molecule has 3 nitrogen and oxygen atoms in total. The Morgan fingerprint density at radius 2 is 2.25 bits per heavy atom. The molecule has 1 aromatic rings. The van der Waals surface area contributed by atoms with E-state index in [9.17, 15) is 9.18 Å². The Bertz CT molecular complexity index is 351. The number of carbonyl (C=O) groups is 1. The van der Waals surface area contributed by atoms with Crippen LogP contribution in [0.4, 0.5) is 10.1 Å². The molecule has 0 unspecified atom stereocenters. The zero-order valence-corrected chi connectivity index (χ0v) is 9.77. The van der Waals surface area contributed by atoms with Gasteiger partial charge in [0, 0.05) is 13.0 Å². The van der Waals surface area contributed by atoms with Gasteiger partial charge in [0.2, 0.25) is 5.91 Å². The third-order valence-electron chi connectivity index (χ3n) is 2.01. The maximum Gasteiger partial charge on any atom is 0.225 e. The maximum absolute atomic E-state index is 13.3. The van der Waals surface area contributed by atoms with Crippen LogP contribution in [0.15, 0.2) is 18.2 Å². The number of halogens is 2. The molecule has 0 aliphatic rings. The fraction of sp³-hybridized carbons (Fsp3) is 0.364. The molecule has 0 heterocycles. The summed E-state index contributed by atoms with van der Waals surface area (Å²) in [5, 5.41) is 5.66. The van der Waals surface area contributed by atoms with Gasteiger partial charge in [0.1, 0.15) is 5.82 Å². The third-order valence-corrected chi connectivity index (χ3v) is 2.32. The van der Waals surface area contributed by atoms with Crippen LogP contribution in [0.3, 0.4) is 0 Å². The van der Waals surface area contributed by atoms with E-state index in [1.165, 1.54) is 18.2 Å². The molecule has 0 fully saturated rings. The zero-order chi connectivity index (χ0) is 12.0. The predicted octanol–water partition coefficient (Wildman–Crippen LogP) is 2.42. The van der Waals surface area contributed by atoms with Crippen LogP contribution in [0.25, 0.3) is 0 Å². The van der Waals surface area contributed by atoms with Gasteiger partial charge in [0.05, 0.1) is 10.7 Å². The Labute approximate surface area is 99.0 Å². The van der Waals surface area contributed by atoms with Crippen molar-refractivity contribution in [2.75, 3.05) is 18.4 Å². The van der Waals surface area contributed by atoms with Crippen molar-refractivity contribution < 1.29 is 9.18 Å². The third kappa shape index (κ3) is 3.79. The van der Waals surface area contributed by atoms with E-state index in [1.54, 1.807) is 0 Å². The highest BCUT2D eigenvalue weighted by Crippen LogP contribution is 2.24. The van der Waals surface area contributed by atoms with Gasteiger partial charge in [-0.15, -0.1) is 0 Å². The molecule has 0 radical (unpaired) electrons. The molecule has 0 spiro atoms. The predicted molar refractivity (Wildman–Crippen MR) is 63.2 cm³/mol. The van der Waals surface area contributed by atoms with E-state index >= 15 is 0 Å². The molecule has 0 bridgehead atoms. The minimum atomic E-state index is -0.524. The van der Waals surface area contributed by atoms with Crippen molar-refractivity contribution in [1.29, 1.82) is 0 Å². The first-order valence-electron chi connectivity index (χ1n) is 5.09. The lowest BCUT2D eigenvalue weighted by Gasteiger charge is -2.08. The molecule has 2 N–H and O–H groups in total. The van der Waals surface area contributed by atoms with Crippen molar-refractivity contribution in [3.8, 4) is 0 Å². The molecule has 0 atom stereocenters. The summed E-state index contributed by atoms with van der Waals surface area (Å²) < 4.78 is 13.3. The molecule has 0 saturated heterocycles. The van der Waals surface area contributed by atoms with Gasteiger partial charge in [-0.25, -0.2) is 4.39 Å². The van der Waals surface area contributed by atoms with Gasteiger partial charge < -0.3 is 10.6 Å². The quantitative estimate of drug-likeness (QED) is 0.781. The molecule has 0 aliphatic heterocycles. The number of anilines is 1. The average molecular weight is 245 g/mol. The number of para-hydroxylation sites is 1. The van der Waals surface area contributed by atoms with E-state index in [4.69, 9.17) is 11.6 Å². The molecule has 0 saturated carbocycles. The topological polar surface area (TPSA) is 41.1 Å². The van der Waals surface area contributed by atoms with Crippen LogP contribution >= 0.6 is 11.6 Å². The summed E-state index contributed by atoms with van der Waals surface area (Å²) in [6, 6.07) is 4.28. The number of carbonyl (C=O) groups excluding carboxylic acids is 1. The molecule has 1 rings (SSSR count). The Balaban J connectivity index is 2.56. The normalized spacial score (nSPS) is 10.2. The molecule has 0 aliphatic carbocycles. The summed E-state index contributed by atoms with van der Waals surface area (Å²) in [7, 11) is 0. The zero-order valence-electron chi connectivity index (χ0n) is 9.02. The van der Waals surface area contributed by atoms with Crippen molar-refractivity contribution in [3.63, 3.8) is 0 Å². The van der Waals surface area contributed by atoms with E-state index < -0.39 is 5.82 Å². The van der Waals surface area contributed by atoms with Gasteiger partial charge in [-0.2, -0.15) is 0 Å². The standard InChI is InChI=1S/C11H14ClFN2O/c1-2-14-7-6-10(16)15-11-8(12)4-3-5-9(11)13/h3-5,14H,2,6-7H2,1H3,(H,15,16). The van der Waals surface area contributed by atoms with Gasteiger partial charge in [-0.1, -0.05) is 24.6 Å². The highest BCUT2D eigenvalue weighted by Gasteiger charge is 2.09. The highest BCUT2D eigenvalue weighted by molar-refractivity contribution is 6.33. The van der Waals surface area contributed by atoms with Crippen LogP contribution in [0.1, 0.15) is 13.3 Å². The van der Waals surface area contributed by atoms with Crippen LogP contribution in [0.5, 0.6) is 0 Å². The first-order chi connectivity index (χ1) is 7.65. The lowest BCUT2D eigenvalue weighted by atomic mass is 10.3. The number of hydrogen-bond donors (Lipinski definition) is 2. The van der Waals surface area contributed by atoms with Crippen molar-refractivity contribution in [2.45, 2.75) is 13.3 Å². The molecule has 5 heteroatoms. The van der Waals surface area contributed by atoms with Gasteiger partial charge in [0.15, 0.2) is 0 Å². The molecule has 16 heavy (non-hydrogen) atoms. The summed E-state index contributed by atoms with van der Waals surface area (Å²) in [6.45, 7) is 3.31. The smallest absolute Gasteiger partial charge is 0.225 e. The first kappa shape index (κ1) is 12.9. The second kappa shape index (κ2) is 6.45. The average Bonchev–Trinajstić information content (AvgIpc) is 2.24. The van der Waals surface area contributed by atoms with Gasteiger partial charge in [-0.05, 0) is 18.7 Å². The Kier molecular flexibility index (Phi) is 5.22. The van der Waals surface area contributed by atoms with E-state index in [0.29, 0.717) is 13.0 Å². The minimum absolute atomic E-state index is 0.0469. The van der Waals surface area contributed by atoms with Gasteiger partial charge in [0.25, 0.3) is 0 Å². The van der Waals surface area contributed by atoms with E-state index in [0.717, 1.165) is 6.54 Å². The van der Waals surface area contributed by atoms with Gasteiger partial charge >= 0.3 is 0 Å². The van der Waals surface area contributed by atoms with Crippen LogP contribution in [0.2, 0.25) is 5.02 Å². The molecular weight excluding hydrogens is 231 g/mol. The van der Waals surface area contributed by atoms with E-state index in [2.05, 4.69) is 10.6 Å². The molecule has 88 valence electrons. The monoisotopic (exact) mass is 244 g/mol. The van der Waals surface area contributed by atoms with Crippen molar-refractivity contribution in [3.05, 3.63) is 29.0 Å². The van der Waals surface area contributed by atoms with Crippen molar-refractivity contribution in [2.24, 2.45) is 0 Å². The first-order valence-corrected chi connectivity index (χ1v) is 5.47. The Hall–Kier alpha value is -1.13. The summed E-state index contributed by atoms with van der Waals surface area (Å²) in [6.07, 6.45) is 0.290. The summed E-state index contributed by atoms with van der Waals surface area (Å²) in [5.41, 5.74) is 0.0469. The Morgan fingerprint density at radius 3 is 2.88 bits per heavy atom. The number of nitrogens with one attached hydrogen (secondary N) is 2. The van der Waals surface area contributed by atoms with Crippen molar-refractivity contribution >= 4 is 23.2 Å². The molecule has 1 amide bonds. The second-order valence-corrected chi connectivity index (χ2v) is 3.66. The number of amides is 1. The van der Waals surface area contributed by atoms with Crippen LogP contribution in [0, 0.1) is 5.82 Å². The van der Waals surface area contributed by atoms with Crippen molar-refractivity contribution in [1.82, 2.24) is 5.32 Å². The second-order valence-electron chi connectivity index (χ2n) is 3.25. The maximum atomic E-state index is 13.3. The number of hydrogen-bond acceptors (Lipinski definition) is 2. The van der Waals surface area contributed by atoms with Crippen LogP contribution < -0.4 is 10.6 Å². The largest absolute Gasteiger partial charge is 0.322 e. The summed E-state index contributed by atoms with van der Waals surface area (Å²) in [4.78, 5) is 11.4. The van der Waals surface area contributed by atoms with E-state index in [1.807, 2.05) is 6.92 Å². The number of benzene rings is 1. The number of rotatable bonds is 5. The minimum Gasteiger partial charge on any atom is -0.322 e. The molecular formula is C11H14ClFN2O. The Morgan fingerprint density at radius 1 is 1.50 bits per heavy atom. The van der Waals surface area contributed by atoms with Crippen LogP contribution in [-0.2, 0) is 4.79 Å². The fourth-order valence-corrected chi connectivity index (χ4v) is 1.41. The fourth-order valence-electron chi connectivity index (χ4n) is 1.20. The lowest BCUT2D eigenvalue weighted by Crippen LogP contribution is -2.21. The molecule has 1 aromatic carbocycles. The lowest BCUT2D eigenvalue weighted by molar-refractivity contribution is -0.116. The molecule has 0 aromatic heterocycles. The SMILES string of the molecule is CCNCCC(=O)Nc1c(F)cccc1Cl. The van der Waals surface area contributed by atoms with E-state index in [-0.39, 0.29) is 16.6 Å².